The van der Waals surface area contributed by atoms with E-state index in [1.54, 1.807) is 6.07 Å². The van der Waals surface area contributed by atoms with Crippen LogP contribution in [0.2, 0.25) is 0 Å². The van der Waals surface area contributed by atoms with Crippen molar-refractivity contribution in [2.24, 2.45) is 5.92 Å². The molecular formula is C19H24BrFN4O5. The molecule has 0 aliphatic heterocycles. The number of carbonyl (C=O) groups is 1. The number of ether oxygens (including phenoxy) is 2. The summed E-state index contributed by atoms with van der Waals surface area (Å²) < 4.78 is 26.0. The molecule has 3 N–H and O–H groups in total. The van der Waals surface area contributed by atoms with E-state index < -0.39 is 29.6 Å². The molecule has 0 spiro atoms. The van der Waals surface area contributed by atoms with Gasteiger partial charge in [-0.05, 0) is 24.1 Å². The van der Waals surface area contributed by atoms with Crippen molar-refractivity contribution >= 4 is 33.3 Å². The lowest BCUT2D eigenvalue weighted by Gasteiger charge is -2.24. The number of hydrogen-bond donors (Lipinski definition) is 2. The van der Waals surface area contributed by atoms with Gasteiger partial charge < -0.3 is 15.2 Å². The van der Waals surface area contributed by atoms with Gasteiger partial charge in [0, 0.05) is 24.7 Å². The van der Waals surface area contributed by atoms with Gasteiger partial charge in [0.15, 0.2) is 23.9 Å². The minimum absolute atomic E-state index is 0.0192. The van der Waals surface area contributed by atoms with E-state index in [1.165, 1.54) is 23.8 Å². The Morgan fingerprint density at radius 1 is 1.37 bits per heavy atom. The normalized spacial score (nSPS) is 11.0. The number of methoxy groups -OCH3 is 1. The molecule has 9 nitrogen and oxygen atoms in total. The lowest BCUT2D eigenvalue weighted by atomic mass is 10.2. The molecule has 0 unspecified atom stereocenters. The van der Waals surface area contributed by atoms with Crippen molar-refractivity contribution in [2.45, 2.75) is 20.4 Å². The summed E-state index contributed by atoms with van der Waals surface area (Å²) in [5.74, 6) is -1.50. The first-order valence-corrected chi connectivity index (χ1v) is 9.94. The smallest absolute Gasteiger partial charge is 0.330 e. The van der Waals surface area contributed by atoms with E-state index in [0.29, 0.717) is 4.47 Å². The second-order valence-electron chi connectivity index (χ2n) is 6.90. The zero-order valence-corrected chi connectivity index (χ0v) is 18.5. The lowest BCUT2D eigenvalue weighted by molar-refractivity contribution is -0.120. The molecule has 0 bridgehead atoms. The summed E-state index contributed by atoms with van der Waals surface area (Å²) in [5.41, 5.74) is 4.44. The van der Waals surface area contributed by atoms with E-state index in [1.807, 2.05) is 13.8 Å². The summed E-state index contributed by atoms with van der Waals surface area (Å²) >= 11 is 3.14. The van der Waals surface area contributed by atoms with Crippen LogP contribution in [0, 0.1) is 11.7 Å². The molecule has 0 saturated heterocycles. The Morgan fingerprint density at radius 2 is 2.07 bits per heavy atom. The second-order valence-corrected chi connectivity index (χ2v) is 7.81. The van der Waals surface area contributed by atoms with Crippen LogP contribution in [0.4, 0.5) is 15.9 Å². The number of nitrogens with zero attached hydrogens (tertiary/aromatic N) is 2. The highest BCUT2D eigenvalue weighted by Gasteiger charge is 2.25. The Morgan fingerprint density at radius 3 is 2.67 bits per heavy atom. The third-order valence-electron chi connectivity index (χ3n) is 4.10. The summed E-state index contributed by atoms with van der Waals surface area (Å²) in [6, 6.07) is 4.14. The van der Waals surface area contributed by atoms with E-state index in [4.69, 9.17) is 15.2 Å². The fourth-order valence-corrected chi connectivity index (χ4v) is 3.07. The second kappa shape index (κ2) is 10.4. The van der Waals surface area contributed by atoms with Crippen molar-refractivity contribution in [3.8, 4) is 5.75 Å². The highest BCUT2D eigenvalue weighted by Crippen LogP contribution is 2.22. The van der Waals surface area contributed by atoms with Gasteiger partial charge in [-0.1, -0.05) is 29.8 Å². The summed E-state index contributed by atoms with van der Waals surface area (Å²) in [6.45, 7) is 3.54. The number of nitrogen functional groups attached to an aromatic ring is 1. The van der Waals surface area contributed by atoms with Crippen LogP contribution < -0.4 is 26.6 Å². The largest absolute Gasteiger partial charge is 0.481 e. The SMILES string of the molecule is COCCN(C(=O)COc1ccc(Br)cc1F)c1c(N)n(CC(C)C)c(=O)[nH]c1=O. The molecule has 0 aliphatic carbocycles. The van der Waals surface area contributed by atoms with Gasteiger partial charge in [0.05, 0.1) is 6.61 Å². The Kier molecular flexibility index (Phi) is 8.18. The van der Waals surface area contributed by atoms with Crippen molar-refractivity contribution in [3.63, 3.8) is 0 Å². The number of H-pyrrole nitrogens is 1. The molecule has 1 heterocycles. The molecule has 1 aromatic carbocycles. The van der Waals surface area contributed by atoms with E-state index in [-0.39, 0.29) is 42.9 Å². The maximum Gasteiger partial charge on any atom is 0.330 e. The molecule has 1 amide bonds. The number of benzene rings is 1. The summed E-state index contributed by atoms with van der Waals surface area (Å²) in [4.78, 5) is 40.7. The summed E-state index contributed by atoms with van der Waals surface area (Å²) in [7, 11) is 1.43. The Labute approximate surface area is 180 Å². The van der Waals surface area contributed by atoms with Crippen molar-refractivity contribution in [2.75, 3.05) is 37.5 Å². The van der Waals surface area contributed by atoms with Gasteiger partial charge in [-0.3, -0.25) is 24.0 Å². The van der Waals surface area contributed by atoms with E-state index in [9.17, 15) is 18.8 Å². The number of amides is 1. The monoisotopic (exact) mass is 486 g/mol. The molecule has 1 aromatic heterocycles. The van der Waals surface area contributed by atoms with Crippen molar-refractivity contribution < 1.29 is 18.7 Å². The standard InChI is InChI=1S/C19H24BrFN4O5/c1-11(2)9-25-17(22)16(18(27)23-19(25)28)24(6-7-29-3)15(26)10-30-14-5-4-12(20)8-13(14)21/h4-5,8,11H,6-7,9-10,22H2,1-3H3,(H,23,27,28). The minimum atomic E-state index is -0.809. The molecule has 2 aromatic rings. The van der Waals surface area contributed by atoms with Gasteiger partial charge in [0.2, 0.25) is 0 Å². The number of hydrogen-bond acceptors (Lipinski definition) is 6. The van der Waals surface area contributed by atoms with Gasteiger partial charge in [-0.25, -0.2) is 9.18 Å². The highest BCUT2D eigenvalue weighted by molar-refractivity contribution is 9.10. The third-order valence-corrected chi connectivity index (χ3v) is 4.59. The zero-order chi connectivity index (χ0) is 22.4. The number of nitrogens with two attached hydrogens (primary N) is 1. The van der Waals surface area contributed by atoms with Crippen LogP contribution >= 0.6 is 15.9 Å². The number of carbonyl (C=O) groups excluding carboxylic acids is 1. The molecule has 11 heteroatoms. The average Bonchev–Trinajstić information content (AvgIpc) is 2.66. The zero-order valence-electron chi connectivity index (χ0n) is 16.9. The maximum atomic E-state index is 14.0. The maximum absolute atomic E-state index is 14.0. The van der Waals surface area contributed by atoms with Crippen LogP contribution in [0.25, 0.3) is 0 Å². The van der Waals surface area contributed by atoms with Crippen LogP contribution in [-0.4, -0.2) is 42.3 Å². The predicted octanol–water partition coefficient (Wildman–Crippen LogP) is 1.73. The Balaban J connectivity index is 2.38. The topological polar surface area (TPSA) is 120 Å². The fourth-order valence-electron chi connectivity index (χ4n) is 2.74. The summed E-state index contributed by atoms with van der Waals surface area (Å²) in [5, 5.41) is 0. The van der Waals surface area contributed by atoms with Crippen LogP contribution in [0.5, 0.6) is 5.75 Å². The fraction of sp³-hybridized carbons (Fsp3) is 0.421. The van der Waals surface area contributed by atoms with Crippen LogP contribution in [0.1, 0.15) is 13.8 Å². The van der Waals surface area contributed by atoms with E-state index in [2.05, 4.69) is 20.9 Å². The van der Waals surface area contributed by atoms with Gasteiger partial charge in [-0.2, -0.15) is 0 Å². The first-order valence-electron chi connectivity index (χ1n) is 9.15. The highest BCUT2D eigenvalue weighted by atomic mass is 79.9. The van der Waals surface area contributed by atoms with Gasteiger partial charge >= 0.3 is 5.69 Å². The lowest BCUT2D eigenvalue weighted by Crippen LogP contribution is -2.44. The summed E-state index contributed by atoms with van der Waals surface area (Å²) in [6.07, 6.45) is 0. The molecule has 164 valence electrons. The number of nitrogens with one attached hydrogen (secondary N) is 1. The molecule has 0 aliphatic rings. The minimum Gasteiger partial charge on any atom is -0.481 e. The molecule has 2 rings (SSSR count). The molecule has 0 fully saturated rings. The quantitative estimate of drug-likeness (QED) is 0.556. The first-order chi connectivity index (χ1) is 14.1. The molecule has 0 radical (unpaired) electrons. The predicted molar refractivity (Wildman–Crippen MR) is 114 cm³/mol. The van der Waals surface area contributed by atoms with Crippen LogP contribution in [0.15, 0.2) is 32.3 Å². The van der Waals surface area contributed by atoms with Gasteiger partial charge in [0.25, 0.3) is 11.5 Å². The number of halogens is 2. The number of aromatic amines is 1. The van der Waals surface area contributed by atoms with Crippen molar-refractivity contribution in [1.29, 1.82) is 0 Å². The molecule has 0 atom stereocenters. The average molecular weight is 487 g/mol. The van der Waals surface area contributed by atoms with E-state index in [0.717, 1.165) is 4.90 Å². The van der Waals surface area contributed by atoms with Crippen LogP contribution in [0.3, 0.4) is 0 Å². The van der Waals surface area contributed by atoms with E-state index >= 15 is 0 Å². The van der Waals surface area contributed by atoms with Crippen molar-refractivity contribution in [3.05, 3.63) is 49.3 Å². The van der Waals surface area contributed by atoms with Crippen molar-refractivity contribution in [1.82, 2.24) is 9.55 Å². The Bertz CT molecular complexity index is 1020. The van der Waals surface area contributed by atoms with Gasteiger partial charge in [-0.15, -0.1) is 0 Å². The number of aromatic nitrogens is 2. The first kappa shape index (κ1) is 23.6. The third kappa shape index (κ3) is 5.70. The molecular weight excluding hydrogens is 463 g/mol. The Hall–Kier alpha value is -2.66. The van der Waals surface area contributed by atoms with Crippen LogP contribution in [-0.2, 0) is 16.1 Å². The van der Waals surface area contributed by atoms with Gasteiger partial charge in [0.1, 0.15) is 5.82 Å². The number of anilines is 2. The molecule has 0 saturated carbocycles. The molecule has 30 heavy (non-hydrogen) atoms. The number of rotatable bonds is 9.